The Morgan fingerprint density at radius 3 is 1.89 bits per heavy atom. The molecule has 7 rings (SSSR count). The van der Waals surface area contributed by atoms with Gasteiger partial charge in [0.25, 0.3) is 0 Å². The zero-order chi connectivity index (χ0) is 19.4. The van der Waals surface area contributed by atoms with Crippen LogP contribution in [0, 0.1) is 96.7 Å². The second kappa shape index (κ2) is 8.09. The summed E-state index contributed by atoms with van der Waals surface area (Å²) in [7, 11) is 9.78. The van der Waals surface area contributed by atoms with Gasteiger partial charge in [0.05, 0.1) is 0 Å². The number of rotatable bonds is 0. The van der Waals surface area contributed by atoms with Crippen LogP contribution in [0.25, 0.3) is 0 Å². The Kier molecular flexibility index (Phi) is 6.45. The van der Waals surface area contributed by atoms with Crippen LogP contribution < -0.4 is 0 Å². The molecular weight excluding hydrogens is 407 g/mol. The Balaban J connectivity index is 0.000000121. The van der Waals surface area contributed by atoms with Crippen LogP contribution in [0.1, 0.15) is 53.4 Å². The summed E-state index contributed by atoms with van der Waals surface area (Å²) < 4.78 is 0. The maximum atomic E-state index is 4.89. The van der Waals surface area contributed by atoms with E-state index in [0.29, 0.717) is 10.8 Å². The summed E-state index contributed by atoms with van der Waals surface area (Å²) in [4.78, 5) is 0. The molecule has 7 fully saturated rings. The van der Waals surface area contributed by atoms with E-state index in [-0.39, 0.29) is 0 Å². The predicted octanol–water partition coefficient (Wildman–Crippen LogP) is 7.03. The minimum atomic E-state index is -0.556. The number of hydrogen-bond acceptors (Lipinski definition) is 0. The first-order valence-corrected chi connectivity index (χ1v) is 14.6. The molecule has 0 nitrogen and oxygen atoms in total. The molecule has 0 aromatic rings. The average Bonchev–Trinajstić information content (AvgIpc) is 3.36. The van der Waals surface area contributed by atoms with E-state index in [2.05, 4.69) is 66.2 Å². The summed E-state index contributed by atoms with van der Waals surface area (Å²) in [6, 6.07) is 0. The molecule has 144 valence electrons. The third-order valence-electron chi connectivity index (χ3n) is 8.26. The van der Waals surface area contributed by atoms with Crippen molar-refractivity contribution in [3.8, 4) is 0 Å². The van der Waals surface area contributed by atoms with Gasteiger partial charge in [0.1, 0.15) is 0 Å². The van der Waals surface area contributed by atoms with Gasteiger partial charge < -0.3 is 0 Å². The Hall–Kier alpha value is 1.29. The van der Waals surface area contributed by atoms with Crippen molar-refractivity contribution in [1.82, 2.24) is 0 Å². The number of hydrogen-bond donors (Lipinski definition) is 0. The van der Waals surface area contributed by atoms with Crippen molar-refractivity contribution in [2.75, 3.05) is 0 Å². The van der Waals surface area contributed by atoms with Crippen molar-refractivity contribution < 1.29 is 17.0 Å². The molecule has 0 heterocycles. The van der Waals surface area contributed by atoms with Gasteiger partial charge in [0.2, 0.25) is 0 Å². The molecule has 7 aliphatic carbocycles. The summed E-state index contributed by atoms with van der Waals surface area (Å²) in [5.41, 5.74) is 0.932. The molecule has 4 atom stereocenters. The first-order valence-electron chi connectivity index (χ1n) is 10.3. The summed E-state index contributed by atoms with van der Waals surface area (Å²) in [5, 5.41) is 0. The van der Waals surface area contributed by atoms with Gasteiger partial charge in [-0.1, -0.05) is 27.7 Å². The van der Waals surface area contributed by atoms with Crippen LogP contribution in [0.2, 0.25) is 0 Å². The van der Waals surface area contributed by atoms with E-state index in [0.717, 1.165) is 23.7 Å². The van der Waals surface area contributed by atoms with E-state index in [1.165, 1.54) is 25.7 Å². The zero-order valence-electron chi connectivity index (χ0n) is 16.9. The number of halogens is 2. The van der Waals surface area contributed by atoms with Crippen LogP contribution in [-0.2, 0) is 17.0 Å². The molecule has 0 spiro atoms. The number of fused-ring (bicyclic) bond motifs is 5. The minimum absolute atomic E-state index is 0.400. The average molecular weight is 437 g/mol. The molecule has 0 aromatic heterocycles. The summed E-state index contributed by atoms with van der Waals surface area (Å²) >= 11 is -0.556. The molecule has 7 saturated carbocycles. The van der Waals surface area contributed by atoms with Crippen LogP contribution in [-0.4, -0.2) is 0 Å². The molecular formula is C24H30Cl2Ti. The van der Waals surface area contributed by atoms with Gasteiger partial charge in [0, 0.05) is 0 Å². The van der Waals surface area contributed by atoms with E-state index < -0.39 is 17.0 Å². The third-order valence-corrected chi connectivity index (χ3v) is 8.26. The fourth-order valence-corrected chi connectivity index (χ4v) is 6.93. The van der Waals surface area contributed by atoms with Crippen LogP contribution in [0.5, 0.6) is 0 Å². The van der Waals surface area contributed by atoms with Gasteiger partial charge in [-0.2, -0.15) is 0 Å². The van der Waals surface area contributed by atoms with E-state index in [1.54, 1.807) is 23.7 Å². The van der Waals surface area contributed by atoms with Crippen LogP contribution in [0.15, 0.2) is 0 Å². The molecule has 0 saturated heterocycles. The van der Waals surface area contributed by atoms with Crippen molar-refractivity contribution in [3.63, 3.8) is 0 Å². The van der Waals surface area contributed by atoms with E-state index >= 15 is 0 Å². The van der Waals surface area contributed by atoms with E-state index in [1.807, 2.05) is 0 Å². The molecule has 0 aliphatic heterocycles. The van der Waals surface area contributed by atoms with Crippen molar-refractivity contribution in [2.45, 2.75) is 53.4 Å². The van der Waals surface area contributed by atoms with Gasteiger partial charge in [-0.3, -0.25) is 0 Å². The summed E-state index contributed by atoms with van der Waals surface area (Å²) in [6.45, 7) is 9.74. The quantitative estimate of drug-likeness (QED) is 0.357. The standard InChI is InChI=1S/C14H19.C10H11.2ClH.Ti/c1-13(2)10-7-5-6-9(10)11-8-12(13)14(11,3)4;1-2-9-7-4-5-8(6-7)10(9)3-1;;;/h5-7,11-12H,8H2,1-4H3;1-3,7-8H,4-6H2;2*1H;/q;;;;+2/p-2. The van der Waals surface area contributed by atoms with Gasteiger partial charge in [-0.05, 0) is 122 Å². The fourth-order valence-electron chi connectivity index (χ4n) is 6.93. The second-order valence-corrected chi connectivity index (χ2v) is 12.6. The Bertz CT molecular complexity index is 510. The topological polar surface area (TPSA) is 0 Å². The van der Waals surface area contributed by atoms with Crippen molar-refractivity contribution in [3.05, 3.63) is 62.2 Å². The molecule has 7 aliphatic rings. The van der Waals surface area contributed by atoms with Crippen molar-refractivity contribution in [2.24, 2.45) is 34.5 Å². The van der Waals surface area contributed by atoms with Gasteiger partial charge in [-0.25, -0.2) is 0 Å². The fraction of sp³-hybridized carbons (Fsp3) is 0.583. The SMILES string of the molecule is CC1(C)[C]2[CH][CH][CH][C]2C2CC1C2(C)C.[CH]1[CH][C]2[C]([CH]1)C1CCC2C1.[Cl][Ti][Cl]. The van der Waals surface area contributed by atoms with E-state index in [4.69, 9.17) is 18.6 Å². The van der Waals surface area contributed by atoms with Crippen molar-refractivity contribution >= 4 is 18.6 Å². The summed E-state index contributed by atoms with van der Waals surface area (Å²) in [5.74, 6) is 10.2. The van der Waals surface area contributed by atoms with Crippen LogP contribution in [0.4, 0.5) is 0 Å². The first-order chi connectivity index (χ1) is 12.8. The molecule has 0 aromatic carbocycles. The Labute approximate surface area is 185 Å². The van der Waals surface area contributed by atoms with Crippen LogP contribution in [0.3, 0.4) is 0 Å². The normalized spacial score (nSPS) is 41.0. The molecule has 0 amide bonds. The van der Waals surface area contributed by atoms with Gasteiger partial charge >= 0.3 is 35.6 Å². The first kappa shape index (κ1) is 21.5. The van der Waals surface area contributed by atoms with E-state index in [9.17, 15) is 0 Å². The molecule has 27 heavy (non-hydrogen) atoms. The predicted molar refractivity (Wildman–Crippen MR) is 110 cm³/mol. The molecule has 3 heteroatoms. The monoisotopic (exact) mass is 436 g/mol. The maximum absolute atomic E-state index is 4.89. The van der Waals surface area contributed by atoms with Crippen LogP contribution >= 0.6 is 18.6 Å². The zero-order valence-corrected chi connectivity index (χ0v) is 19.9. The Morgan fingerprint density at radius 1 is 0.815 bits per heavy atom. The molecule has 4 bridgehead atoms. The molecule has 0 N–H and O–H groups in total. The third kappa shape index (κ3) is 3.53. The van der Waals surface area contributed by atoms with Gasteiger partial charge in [0.15, 0.2) is 0 Å². The Morgan fingerprint density at radius 2 is 1.33 bits per heavy atom. The van der Waals surface area contributed by atoms with Gasteiger partial charge in [-0.15, -0.1) is 0 Å². The molecule has 4 unspecified atom stereocenters. The van der Waals surface area contributed by atoms with Crippen molar-refractivity contribution in [1.29, 1.82) is 0 Å². The summed E-state index contributed by atoms with van der Waals surface area (Å²) in [6.07, 6.45) is 19.6. The molecule has 10 radical (unpaired) electrons. The second-order valence-electron chi connectivity index (χ2n) is 9.99.